The fraction of sp³-hybridized carbons (Fsp3) is 0.125. The van der Waals surface area contributed by atoms with Gasteiger partial charge in [0.15, 0.2) is 12.4 Å². The molecular weight excluding hydrogens is 172 g/mol. The van der Waals surface area contributed by atoms with Gasteiger partial charge < -0.3 is 9.94 Å². The van der Waals surface area contributed by atoms with E-state index in [2.05, 4.69) is 9.58 Å². The summed E-state index contributed by atoms with van der Waals surface area (Å²) < 4.78 is 4.88. The lowest BCUT2D eigenvalue weighted by molar-refractivity contribution is -0.604. The van der Waals surface area contributed by atoms with Gasteiger partial charge in [-0.05, 0) is 0 Å². The lowest BCUT2D eigenvalue weighted by Crippen LogP contribution is -2.24. The third kappa shape index (κ3) is 1.73. The quantitative estimate of drug-likeness (QED) is 0.274. The number of hydrogen-bond acceptors (Lipinski definition) is 3. The van der Waals surface area contributed by atoms with Crippen LogP contribution in [-0.2, 0) is 4.74 Å². The monoisotopic (exact) mass is 178 g/mol. The number of ether oxygens (including phenoxy) is 1. The number of esters is 1. The molecule has 13 heavy (non-hydrogen) atoms. The van der Waals surface area contributed by atoms with E-state index >= 15 is 0 Å². The molecule has 66 valence electrons. The zero-order valence-corrected chi connectivity index (χ0v) is 6.85. The lowest BCUT2D eigenvalue weighted by atomic mass is 10.2. The van der Waals surface area contributed by atoms with E-state index in [9.17, 15) is 10.0 Å². The molecule has 0 bridgehead atoms. The fourth-order valence-electron chi connectivity index (χ4n) is 0.838. The highest BCUT2D eigenvalue weighted by Crippen LogP contribution is 2.16. The molecule has 0 radical (unpaired) electrons. The minimum absolute atomic E-state index is 0.00986. The largest absolute Gasteiger partial charge is 0.620 e. The van der Waals surface area contributed by atoms with Gasteiger partial charge in [-0.3, -0.25) is 0 Å². The van der Waals surface area contributed by atoms with Crippen molar-refractivity contribution in [3.05, 3.63) is 40.6 Å². The highest BCUT2D eigenvalue weighted by Gasteiger charge is 2.14. The van der Waals surface area contributed by atoms with Crippen LogP contribution in [0.15, 0.2) is 18.5 Å². The summed E-state index contributed by atoms with van der Waals surface area (Å²) >= 11 is 0. The molecular formula is C8H6N2O3. The highest BCUT2D eigenvalue weighted by atomic mass is 16.5. The van der Waals surface area contributed by atoms with Crippen LogP contribution in [0.25, 0.3) is 4.85 Å². The van der Waals surface area contributed by atoms with Crippen LogP contribution in [0, 0.1) is 11.8 Å². The first kappa shape index (κ1) is 9.00. The molecule has 0 aliphatic carbocycles. The van der Waals surface area contributed by atoms with Crippen molar-refractivity contribution in [3.63, 3.8) is 0 Å². The predicted molar refractivity (Wildman–Crippen MR) is 43.0 cm³/mol. The molecule has 1 rings (SSSR count). The van der Waals surface area contributed by atoms with Crippen LogP contribution in [-0.4, -0.2) is 13.1 Å². The highest BCUT2D eigenvalue weighted by molar-refractivity contribution is 5.95. The summed E-state index contributed by atoms with van der Waals surface area (Å²) in [4.78, 5) is 14.1. The van der Waals surface area contributed by atoms with Crippen molar-refractivity contribution in [1.82, 2.24) is 0 Å². The van der Waals surface area contributed by atoms with E-state index in [0.717, 1.165) is 12.4 Å². The minimum atomic E-state index is -0.619. The van der Waals surface area contributed by atoms with Crippen molar-refractivity contribution in [2.75, 3.05) is 7.11 Å². The minimum Gasteiger partial charge on any atom is -0.620 e. The number of methoxy groups -OCH3 is 1. The van der Waals surface area contributed by atoms with Crippen molar-refractivity contribution >= 4 is 11.7 Å². The smallest absolute Gasteiger partial charge is 0.327 e. The second-order valence-electron chi connectivity index (χ2n) is 2.21. The van der Waals surface area contributed by atoms with Gasteiger partial charge in [-0.15, -0.1) is 0 Å². The Morgan fingerprint density at radius 1 is 1.77 bits per heavy atom. The molecule has 0 aromatic carbocycles. The van der Waals surface area contributed by atoms with E-state index in [1.54, 1.807) is 0 Å². The molecule has 0 unspecified atom stereocenters. The van der Waals surface area contributed by atoms with Gasteiger partial charge in [-0.1, -0.05) is 0 Å². The summed E-state index contributed by atoms with van der Waals surface area (Å²) in [5.74, 6) is -0.619. The van der Waals surface area contributed by atoms with Gasteiger partial charge >= 0.3 is 5.97 Å². The first-order chi connectivity index (χ1) is 6.19. The molecule has 0 saturated carbocycles. The molecule has 1 aromatic rings. The van der Waals surface area contributed by atoms with Crippen LogP contribution in [0.3, 0.4) is 0 Å². The van der Waals surface area contributed by atoms with E-state index in [0.29, 0.717) is 4.73 Å². The Labute approximate surface area is 74.6 Å². The number of carbonyl (C=O) groups excluding carboxylic acids is 1. The molecule has 1 aromatic heterocycles. The summed E-state index contributed by atoms with van der Waals surface area (Å²) in [5.41, 5.74) is 0.0916. The molecule has 0 fully saturated rings. The molecule has 0 N–H and O–H groups in total. The molecule has 5 nitrogen and oxygen atoms in total. The third-order valence-electron chi connectivity index (χ3n) is 1.44. The van der Waals surface area contributed by atoms with E-state index < -0.39 is 5.97 Å². The van der Waals surface area contributed by atoms with Crippen LogP contribution in [0.4, 0.5) is 5.69 Å². The zero-order valence-electron chi connectivity index (χ0n) is 6.85. The second-order valence-corrected chi connectivity index (χ2v) is 2.21. The van der Waals surface area contributed by atoms with Crippen LogP contribution in [0.5, 0.6) is 0 Å². The molecule has 1 heterocycles. The normalized spacial score (nSPS) is 8.92. The number of aromatic nitrogens is 1. The summed E-state index contributed by atoms with van der Waals surface area (Å²) in [6.07, 6.45) is 2.17. The van der Waals surface area contributed by atoms with Gasteiger partial charge in [-0.25, -0.2) is 9.64 Å². The Hall–Kier alpha value is -2.09. The number of carbonyl (C=O) groups is 1. The molecule has 0 aliphatic heterocycles. The second kappa shape index (κ2) is 3.54. The fourth-order valence-corrected chi connectivity index (χ4v) is 0.838. The van der Waals surface area contributed by atoms with Crippen molar-refractivity contribution in [3.8, 4) is 0 Å². The summed E-state index contributed by atoms with van der Waals surface area (Å²) in [7, 11) is 1.22. The maximum atomic E-state index is 11.0. The van der Waals surface area contributed by atoms with Crippen molar-refractivity contribution in [2.24, 2.45) is 0 Å². The molecule has 0 spiro atoms. The van der Waals surface area contributed by atoms with E-state index in [1.165, 1.54) is 13.2 Å². The van der Waals surface area contributed by atoms with E-state index in [-0.39, 0.29) is 11.3 Å². The first-order valence-electron chi connectivity index (χ1n) is 3.37. The number of nitrogens with zero attached hydrogens (tertiary/aromatic N) is 2. The molecule has 0 atom stereocenters. The van der Waals surface area contributed by atoms with Crippen molar-refractivity contribution in [1.29, 1.82) is 0 Å². The van der Waals surface area contributed by atoms with Crippen LogP contribution in [0.2, 0.25) is 0 Å². The Kier molecular flexibility index (Phi) is 2.45. The van der Waals surface area contributed by atoms with Gasteiger partial charge in [0.05, 0.1) is 19.2 Å². The maximum absolute atomic E-state index is 11.0. The zero-order chi connectivity index (χ0) is 9.84. The number of pyridine rings is 1. The van der Waals surface area contributed by atoms with Gasteiger partial charge in [0.25, 0.3) is 5.69 Å². The van der Waals surface area contributed by atoms with Crippen molar-refractivity contribution in [2.45, 2.75) is 0 Å². The maximum Gasteiger partial charge on any atom is 0.327 e. The third-order valence-corrected chi connectivity index (χ3v) is 1.44. The molecule has 5 heteroatoms. The number of rotatable bonds is 1. The van der Waals surface area contributed by atoms with E-state index in [4.69, 9.17) is 6.57 Å². The average molecular weight is 178 g/mol. The predicted octanol–water partition coefficient (Wildman–Crippen LogP) is 0.657. The van der Waals surface area contributed by atoms with Gasteiger partial charge in [-0.2, -0.15) is 4.73 Å². The van der Waals surface area contributed by atoms with Crippen LogP contribution < -0.4 is 4.73 Å². The van der Waals surface area contributed by atoms with Gasteiger partial charge in [0.2, 0.25) is 0 Å². The van der Waals surface area contributed by atoms with Gasteiger partial charge in [0, 0.05) is 6.07 Å². The Morgan fingerprint density at radius 2 is 2.46 bits per heavy atom. The van der Waals surface area contributed by atoms with Gasteiger partial charge in [0.1, 0.15) is 0 Å². The topological polar surface area (TPSA) is 57.6 Å². The SMILES string of the molecule is [C-]#[N+]c1c[n+]([O-])ccc1C(=O)OC. The summed E-state index contributed by atoms with van der Waals surface area (Å²) in [5, 5.41) is 10.7. The van der Waals surface area contributed by atoms with Crippen LogP contribution >= 0.6 is 0 Å². The summed E-state index contributed by atoms with van der Waals surface area (Å²) in [6, 6.07) is 1.26. The molecule has 0 saturated heterocycles. The Bertz CT molecular complexity index is 381. The average Bonchev–Trinajstić information content (AvgIpc) is 2.16. The molecule has 0 amide bonds. The van der Waals surface area contributed by atoms with E-state index in [1.807, 2.05) is 0 Å². The Morgan fingerprint density at radius 3 is 3.00 bits per heavy atom. The standard InChI is InChI=1S/C8H6N2O3/c1-9-7-5-10(12)4-3-6(7)8(11)13-2/h3-5H,2H3. The lowest BCUT2D eigenvalue weighted by Gasteiger charge is -2.01. The first-order valence-corrected chi connectivity index (χ1v) is 3.37. The molecule has 0 aliphatic rings. The Balaban J connectivity index is 3.23. The van der Waals surface area contributed by atoms with Crippen molar-refractivity contribution < 1.29 is 14.3 Å². The number of hydrogen-bond donors (Lipinski definition) is 0. The summed E-state index contributed by atoms with van der Waals surface area (Å²) in [6.45, 7) is 6.71. The van der Waals surface area contributed by atoms with Crippen LogP contribution in [0.1, 0.15) is 10.4 Å².